The number of fused-ring (bicyclic) bond motifs is 1. The van der Waals surface area contributed by atoms with Crippen molar-refractivity contribution in [2.75, 3.05) is 5.32 Å². The SMILES string of the molecule is O=C(NNC(=S)Nc1ccc(F)c(Cl)c1)c1n[nH]c(=O)c2ccccc12. The maximum atomic E-state index is 13.1. The first-order valence-electron chi connectivity index (χ1n) is 7.25. The number of amides is 1. The molecule has 0 aliphatic heterocycles. The number of hydrogen-bond donors (Lipinski definition) is 4. The van der Waals surface area contributed by atoms with Gasteiger partial charge >= 0.3 is 0 Å². The van der Waals surface area contributed by atoms with Crippen LogP contribution >= 0.6 is 23.8 Å². The number of benzene rings is 2. The maximum Gasteiger partial charge on any atom is 0.290 e. The molecular weight excluding hydrogens is 381 g/mol. The summed E-state index contributed by atoms with van der Waals surface area (Å²) in [6, 6.07) is 10.6. The average molecular weight is 392 g/mol. The number of halogens is 2. The van der Waals surface area contributed by atoms with Gasteiger partial charge in [0.2, 0.25) is 0 Å². The molecule has 0 unspecified atom stereocenters. The van der Waals surface area contributed by atoms with E-state index >= 15 is 0 Å². The van der Waals surface area contributed by atoms with Crippen LogP contribution in [0.2, 0.25) is 5.02 Å². The molecule has 2 aromatic carbocycles. The van der Waals surface area contributed by atoms with Gasteiger partial charge in [-0.2, -0.15) is 5.10 Å². The molecule has 26 heavy (non-hydrogen) atoms. The summed E-state index contributed by atoms with van der Waals surface area (Å²) in [5.41, 5.74) is 4.94. The number of carbonyl (C=O) groups excluding carboxylic acids is 1. The minimum Gasteiger partial charge on any atom is -0.331 e. The van der Waals surface area contributed by atoms with E-state index in [2.05, 4.69) is 26.4 Å². The molecule has 0 aliphatic carbocycles. The van der Waals surface area contributed by atoms with Gasteiger partial charge in [0.1, 0.15) is 5.82 Å². The normalized spacial score (nSPS) is 10.4. The lowest BCUT2D eigenvalue weighted by molar-refractivity contribution is 0.0940. The van der Waals surface area contributed by atoms with E-state index in [1.165, 1.54) is 18.2 Å². The molecule has 0 radical (unpaired) electrons. The summed E-state index contributed by atoms with van der Waals surface area (Å²) >= 11 is 10.7. The number of rotatable bonds is 2. The van der Waals surface area contributed by atoms with Crippen LogP contribution in [-0.2, 0) is 0 Å². The number of nitrogens with zero attached hydrogens (tertiary/aromatic N) is 1. The number of aromatic nitrogens is 2. The summed E-state index contributed by atoms with van der Waals surface area (Å²) < 4.78 is 13.1. The van der Waals surface area contributed by atoms with Crippen LogP contribution in [0.25, 0.3) is 10.8 Å². The third-order valence-corrected chi connectivity index (χ3v) is 3.87. The quantitative estimate of drug-likeness (QED) is 0.395. The van der Waals surface area contributed by atoms with Gasteiger partial charge in [0.05, 0.1) is 10.4 Å². The Bertz CT molecular complexity index is 1070. The molecule has 0 saturated carbocycles. The third kappa shape index (κ3) is 3.79. The van der Waals surface area contributed by atoms with Crippen LogP contribution in [0.3, 0.4) is 0 Å². The van der Waals surface area contributed by atoms with Crippen LogP contribution in [0.5, 0.6) is 0 Å². The Hall–Kier alpha value is -3.04. The minimum absolute atomic E-state index is 0.0281. The van der Waals surface area contributed by atoms with Crippen molar-refractivity contribution in [2.24, 2.45) is 0 Å². The third-order valence-electron chi connectivity index (χ3n) is 3.38. The van der Waals surface area contributed by atoms with Crippen molar-refractivity contribution in [2.45, 2.75) is 0 Å². The highest BCUT2D eigenvalue weighted by atomic mass is 35.5. The Kier molecular flexibility index (Phi) is 5.10. The van der Waals surface area contributed by atoms with Gasteiger partial charge in [-0.05, 0) is 36.5 Å². The van der Waals surface area contributed by atoms with E-state index in [0.717, 1.165) is 0 Å². The van der Waals surface area contributed by atoms with E-state index in [1.807, 2.05) is 0 Å². The predicted molar refractivity (Wildman–Crippen MR) is 101 cm³/mol. The van der Waals surface area contributed by atoms with Crippen molar-refractivity contribution in [1.29, 1.82) is 0 Å². The van der Waals surface area contributed by atoms with Crippen LogP contribution in [0.4, 0.5) is 10.1 Å². The molecule has 0 atom stereocenters. The summed E-state index contributed by atoms with van der Waals surface area (Å²) in [6.07, 6.45) is 0. The van der Waals surface area contributed by atoms with Crippen molar-refractivity contribution < 1.29 is 9.18 Å². The van der Waals surface area contributed by atoms with Gasteiger partial charge in [0.15, 0.2) is 10.8 Å². The molecule has 132 valence electrons. The van der Waals surface area contributed by atoms with Crippen molar-refractivity contribution in [1.82, 2.24) is 21.0 Å². The molecule has 1 amide bonds. The number of thiocarbonyl (C=S) groups is 1. The Labute approximate surface area is 156 Å². The topological polar surface area (TPSA) is 98.9 Å². The van der Waals surface area contributed by atoms with Gasteiger partial charge in [-0.3, -0.25) is 20.4 Å². The second-order valence-corrected chi connectivity index (χ2v) is 5.92. The highest BCUT2D eigenvalue weighted by Crippen LogP contribution is 2.19. The number of hydrazine groups is 1. The molecule has 0 spiro atoms. The Morgan fingerprint density at radius 3 is 2.62 bits per heavy atom. The molecule has 1 aromatic heterocycles. The molecule has 0 saturated heterocycles. The molecule has 10 heteroatoms. The molecule has 1 heterocycles. The van der Waals surface area contributed by atoms with Crippen LogP contribution in [0.1, 0.15) is 10.5 Å². The number of carbonyl (C=O) groups is 1. The fraction of sp³-hybridized carbons (Fsp3) is 0. The molecule has 0 bridgehead atoms. The van der Waals surface area contributed by atoms with E-state index in [4.69, 9.17) is 23.8 Å². The summed E-state index contributed by atoms with van der Waals surface area (Å²) in [5, 5.41) is 9.52. The molecule has 0 fully saturated rings. The molecule has 3 rings (SSSR count). The van der Waals surface area contributed by atoms with Crippen LogP contribution in [0.15, 0.2) is 47.3 Å². The summed E-state index contributed by atoms with van der Waals surface area (Å²) in [4.78, 5) is 24.0. The molecule has 3 aromatic rings. The fourth-order valence-electron chi connectivity index (χ4n) is 2.20. The van der Waals surface area contributed by atoms with Gasteiger partial charge in [-0.15, -0.1) is 0 Å². The summed E-state index contributed by atoms with van der Waals surface area (Å²) in [6.45, 7) is 0. The number of aromatic amines is 1. The van der Waals surface area contributed by atoms with Gasteiger partial charge in [0.25, 0.3) is 11.5 Å². The Morgan fingerprint density at radius 2 is 1.88 bits per heavy atom. The first-order chi connectivity index (χ1) is 12.5. The average Bonchev–Trinajstić information content (AvgIpc) is 2.63. The number of H-pyrrole nitrogens is 1. The van der Waals surface area contributed by atoms with E-state index < -0.39 is 17.3 Å². The highest BCUT2D eigenvalue weighted by Gasteiger charge is 2.14. The second-order valence-electron chi connectivity index (χ2n) is 5.11. The van der Waals surface area contributed by atoms with Crippen LogP contribution < -0.4 is 21.7 Å². The van der Waals surface area contributed by atoms with Crippen molar-refractivity contribution in [3.63, 3.8) is 0 Å². The fourth-order valence-corrected chi connectivity index (χ4v) is 2.55. The van der Waals surface area contributed by atoms with Crippen molar-refractivity contribution in [3.05, 3.63) is 69.4 Å². The van der Waals surface area contributed by atoms with E-state index in [0.29, 0.717) is 16.5 Å². The molecule has 7 nitrogen and oxygen atoms in total. The summed E-state index contributed by atoms with van der Waals surface area (Å²) in [7, 11) is 0. The second kappa shape index (κ2) is 7.46. The first-order valence-corrected chi connectivity index (χ1v) is 8.04. The van der Waals surface area contributed by atoms with E-state index in [1.54, 1.807) is 24.3 Å². The largest absolute Gasteiger partial charge is 0.331 e. The van der Waals surface area contributed by atoms with Crippen molar-refractivity contribution in [3.8, 4) is 0 Å². The minimum atomic E-state index is -0.598. The Balaban J connectivity index is 1.69. The monoisotopic (exact) mass is 391 g/mol. The molecular formula is C16H11ClFN5O2S. The van der Waals surface area contributed by atoms with E-state index in [-0.39, 0.29) is 15.8 Å². The van der Waals surface area contributed by atoms with Gasteiger partial charge in [-0.1, -0.05) is 29.8 Å². The smallest absolute Gasteiger partial charge is 0.290 e. The van der Waals surface area contributed by atoms with Crippen LogP contribution in [-0.4, -0.2) is 21.2 Å². The van der Waals surface area contributed by atoms with Gasteiger partial charge in [0, 0.05) is 11.1 Å². The lowest BCUT2D eigenvalue weighted by atomic mass is 10.1. The Morgan fingerprint density at radius 1 is 1.15 bits per heavy atom. The molecule has 4 N–H and O–H groups in total. The highest BCUT2D eigenvalue weighted by molar-refractivity contribution is 7.80. The van der Waals surface area contributed by atoms with Gasteiger partial charge < -0.3 is 5.32 Å². The first kappa shape index (κ1) is 17.8. The summed E-state index contributed by atoms with van der Waals surface area (Å²) in [5.74, 6) is -1.15. The van der Waals surface area contributed by atoms with Crippen LogP contribution in [0, 0.1) is 5.82 Å². The number of anilines is 1. The molecule has 0 aliphatic rings. The zero-order valence-corrected chi connectivity index (χ0v) is 14.5. The maximum absolute atomic E-state index is 13.1. The zero-order valence-electron chi connectivity index (χ0n) is 13.0. The lowest BCUT2D eigenvalue weighted by Crippen LogP contribution is -2.44. The lowest BCUT2D eigenvalue weighted by Gasteiger charge is -2.12. The van der Waals surface area contributed by atoms with E-state index in [9.17, 15) is 14.0 Å². The van der Waals surface area contributed by atoms with Crippen molar-refractivity contribution >= 4 is 51.3 Å². The standard InChI is InChI=1S/C16H11ClFN5O2S/c17-11-7-8(5-6-12(11)18)19-16(26)23-22-15(25)13-9-3-1-2-4-10(9)14(24)21-20-13/h1-7H,(H,21,24)(H,22,25)(H2,19,23,26). The zero-order chi connectivity index (χ0) is 18.7. The number of nitrogens with one attached hydrogen (secondary N) is 4. The van der Waals surface area contributed by atoms with Gasteiger partial charge in [-0.25, -0.2) is 9.49 Å². The predicted octanol–water partition coefficient (Wildman–Crippen LogP) is 2.35. The number of hydrogen-bond acceptors (Lipinski definition) is 4.